The van der Waals surface area contributed by atoms with Gasteiger partial charge in [-0.05, 0) is 37.1 Å². The summed E-state index contributed by atoms with van der Waals surface area (Å²) in [6.45, 7) is 2.38. The van der Waals surface area contributed by atoms with E-state index in [1.807, 2.05) is 55.5 Å². The van der Waals surface area contributed by atoms with E-state index in [2.05, 4.69) is 32.2 Å². The van der Waals surface area contributed by atoms with Crippen molar-refractivity contribution >= 4 is 38.4 Å². The van der Waals surface area contributed by atoms with Crippen LogP contribution in [-0.4, -0.2) is 37.0 Å². The van der Waals surface area contributed by atoms with Crippen molar-refractivity contribution in [3.63, 3.8) is 0 Å². The summed E-state index contributed by atoms with van der Waals surface area (Å²) in [7, 11) is 0. The molecule has 3 aromatic heterocycles. The van der Waals surface area contributed by atoms with Crippen molar-refractivity contribution in [2.75, 3.05) is 11.4 Å². The van der Waals surface area contributed by atoms with Gasteiger partial charge in [-0.25, -0.2) is 14.5 Å². The van der Waals surface area contributed by atoms with Gasteiger partial charge in [-0.3, -0.25) is 9.69 Å². The highest BCUT2D eigenvalue weighted by Gasteiger charge is 2.25. The average Bonchev–Trinajstić information content (AvgIpc) is 3.39. The molecule has 0 bridgehead atoms. The van der Waals surface area contributed by atoms with E-state index >= 15 is 0 Å². The molecule has 3 heterocycles. The van der Waals surface area contributed by atoms with Gasteiger partial charge in [-0.15, -0.1) is 5.10 Å². The highest BCUT2D eigenvalue weighted by molar-refractivity contribution is 7.22. The van der Waals surface area contributed by atoms with E-state index in [-0.39, 0.29) is 11.7 Å². The number of hydrogen-bond acceptors (Lipinski definition) is 6. The van der Waals surface area contributed by atoms with Gasteiger partial charge in [0.1, 0.15) is 0 Å². The largest absolute Gasteiger partial charge is 0.299 e. The number of anilines is 1. The van der Waals surface area contributed by atoms with Crippen LogP contribution in [0.25, 0.3) is 16.0 Å². The average molecular weight is 414 g/mol. The topological polar surface area (TPSA) is 76.3 Å². The minimum absolute atomic E-state index is 0.115. The summed E-state index contributed by atoms with van der Waals surface area (Å²) in [4.78, 5) is 28.4. The van der Waals surface area contributed by atoms with Gasteiger partial charge >= 0.3 is 0 Å². The first-order chi connectivity index (χ1) is 14.7. The summed E-state index contributed by atoms with van der Waals surface area (Å²) >= 11 is 1.49. The molecule has 0 saturated heterocycles. The van der Waals surface area contributed by atoms with E-state index in [0.717, 1.165) is 21.5 Å². The second-order valence-electron chi connectivity index (χ2n) is 6.89. The number of aromatic nitrogens is 5. The molecule has 0 aliphatic heterocycles. The molecular formula is C22H18N6OS. The summed E-state index contributed by atoms with van der Waals surface area (Å²) in [6.07, 6.45) is 2.36. The highest BCUT2D eigenvalue weighted by atomic mass is 32.1. The Morgan fingerprint density at radius 3 is 2.63 bits per heavy atom. The van der Waals surface area contributed by atoms with Crippen LogP contribution in [-0.2, 0) is 6.42 Å². The summed E-state index contributed by atoms with van der Waals surface area (Å²) < 4.78 is 2.62. The Kier molecular flexibility index (Phi) is 4.68. The zero-order valence-corrected chi connectivity index (χ0v) is 17.1. The summed E-state index contributed by atoms with van der Waals surface area (Å²) in [5.41, 5.74) is 2.88. The van der Waals surface area contributed by atoms with Crippen molar-refractivity contribution in [1.82, 2.24) is 24.6 Å². The number of carbonyl (C=O) groups is 1. The Hall–Kier alpha value is -3.65. The lowest BCUT2D eigenvalue weighted by molar-refractivity contribution is 0.0977. The Morgan fingerprint density at radius 2 is 1.83 bits per heavy atom. The first-order valence-electron chi connectivity index (χ1n) is 9.59. The number of nitrogens with zero attached hydrogens (tertiary/aromatic N) is 6. The van der Waals surface area contributed by atoms with Gasteiger partial charge in [0.05, 0.1) is 10.2 Å². The van der Waals surface area contributed by atoms with Crippen molar-refractivity contribution < 1.29 is 4.79 Å². The Morgan fingerprint density at radius 1 is 1.03 bits per heavy atom. The summed E-state index contributed by atoms with van der Waals surface area (Å²) in [5.74, 6) is 0.240. The molecule has 0 spiro atoms. The van der Waals surface area contributed by atoms with Crippen LogP contribution in [0.5, 0.6) is 0 Å². The van der Waals surface area contributed by atoms with E-state index in [1.165, 1.54) is 11.3 Å². The maximum Gasteiger partial charge on any atom is 0.299 e. The lowest BCUT2D eigenvalue weighted by Crippen LogP contribution is -2.33. The third-order valence-corrected chi connectivity index (χ3v) is 5.91. The van der Waals surface area contributed by atoms with Crippen LogP contribution in [0.1, 0.15) is 21.9 Å². The molecule has 148 valence electrons. The number of aryl methyl sites for hydroxylation is 1. The van der Waals surface area contributed by atoms with Crippen LogP contribution in [0.2, 0.25) is 0 Å². The zero-order chi connectivity index (χ0) is 20.5. The van der Waals surface area contributed by atoms with Crippen LogP contribution in [0, 0.1) is 6.92 Å². The number of carbonyl (C=O) groups excluding carboxylic acids is 1. The number of para-hydroxylation sites is 1. The van der Waals surface area contributed by atoms with Crippen molar-refractivity contribution in [2.45, 2.75) is 13.3 Å². The number of rotatable bonds is 5. The fourth-order valence-electron chi connectivity index (χ4n) is 3.26. The second-order valence-corrected chi connectivity index (χ2v) is 7.90. The SMILES string of the molecule is Cc1ccnc2nc(C(=O)N(CCc3ccccc3)c3nc4ccccc4s3)nn12. The Labute approximate surface area is 176 Å². The van der Waals surface area contributed by atoms with E-state index in [9.17, 15) is 4.79 Å². The molecule has 0 unspecified atom stereocenters. The second kappa shape index (κ2) is 7.64. The van der Waals surface area contributed by atoms with Crippen molar-refractivity contribution in [1.29, 1.82) is 0 Å². The normalized spacial score (nSPS) is 11.2. The molecule has 0 saturated carbocycles. The number of fused-ring (bicyclic) bond motifs is 2. The van der Waals surface area contributed by atoms with Gasteiger partial charge in [0.15, 0.2) is 5.13 Å². The van der Waals surface area contributed by atoms with Crippen molar-refractivity contribution in [3.05, 3.63) is 83.9 Å². The first-order valence-corrected chi connectivity index (χ1v) is 10.4. The number of hydrogen-bond donors (Lipinski definition) is 0. The molecule has 2 aromatic carbocycles. The molecule has 7 nitrogen and oxygen atoms in total. The quantitative estimate of drug-likeness (QED) is 0.435. The summed E-state index contributed by atoms with van der Waals surface area (Å²) in [5, 5.41) is 5.04. The van der Waals surface area contributed by atoms with Gasteiger partial charge in [-0.1, -0.05) is 53.8 Å². The lowest BCUT2D eigenvalue weighted by Gasteiger charge is -2.18. The zero-order valence-electron chi connectivity index (χ0n) is 16.3. The maximum atomic E-state index is 13.5. The van der Waals surface area contributed by atoms with E-state index in [4.69, 9.17) is 0 Å². The molecule has 5 rings (SSSR count). The maximum absolute atomic E-state index is 13.5. The van der Waals surface area contributed by atoms with Gasteiger partial charge in [-0.2, -0.15) is 4.98 Å². The molecule has 0 radical (unpaired) electrons. The number of benzene rings is 2. The molecule has 5 aromatic rings. The number of thiazole rings is 1. The van der Waals surface area contributed by atoms with Gasteiger partial charge < -0.3 is 0 Å². The standard InChI is InChI=1S/C22H18N6OS/c1-15-11-13-23-21-25-19(26-28(15)21)20(29)27(14-12-16-7-3-2-4-8-16)22-24-17-9-5-6-10-18(17)30-22/h2-11,13H,12,14H2,1H3. The molecule has 30 heavy (non-hydrogen) atoms. The fourth-order valence-corrected chi connectivity index (χ4v) is 4.25. The molecule has 0 aliphatic carbocycles. The van der Waals surface area contributed by atoms with Crippen LogP contribution in [0.15, 0.2) is 66.9 Å². The van der Waals surface area contributed by atoms with Gasteiger partial charge in [0.2, 0.25) is 5.82 Å². The minimum Gasteiger partial charge on any atom is -0.281 e. The highest BCUT2D eigenvalue weighted by Crippen LogP contribution is 2.29. The fraction of sp³-hybridized carbons (Fsp3) is 0.136. The smallest absolute Gasteiger partial charge is 0.281 e. The van der Waals surface area contributed by atoms with Gasteiger partial charge in [0.25, 0.3) is 11.7 Å². The molecule has 0 atom stereocenters. The van der Waals surface area contributed by atoms with Crippen molar-refractivity contribution in [3.8, 4) is 0 Å². The molecule has 1 amide bonds. The van der Waals surface area contributed by atoms with E-state index < -0.39 is 0 Å². The molecular weight excluding hydrogens is 396 g/mol. The number of amides is 1. The van der Waals surface area contributed by atoms with E-state index in [0.29, 0.717) is 23.9 Å². The predicted octanol–water partition coefficient (Wildman–Crippen LogP) is 3.93. The molecule has 0 fully saturated rings. The van der Waals surface area contributed by atoms with Crippen molar-refractivity contribution in [2.24, 2.45) is 0 Å². The van der Waals surface area contributed by atoms with Crippen LogP contribution < -0.4 is 4.90 Å². The minimum atomic E-state index is -0.283. The lowest BCUT2D eigenvalue weighted by atomic mass is 10.1. The molecule has 0 aliphatic rings. The van der Waals surface area contributed by atoms with E-state index in [1.54, 1.807) is 15.6 Å². The van der Waals surface area contributed by atoms with Gasteiger partial charge in [0, 0.05) is 18.4 Å². The monoisotopic (exact) mass is 414 g/mol. The molecule has 0 N–H and O–H groups in total. The predicted molar refractivity (Wildman–Crippen MR) is 117 cm³/mol. The first kappa shape index (κ1) is 18.4. The van der Waals surface area contributed by atoms with Crippen LogP contribution in [0.3, 0.4) is 0 Å². The Balaban J connectivity index is 1.53. The van der Waals surface area contributed by atoms with Crippen LogP contribution in [0.4, 0.5) is 5.13 Å². The Bertz CT molecular complexity index is 1310. The molecule has 8 heteroatoms. The third kappa shape index (κ3) is 3.42. The van der Waals surface area contributed by atoms with Crippen LogP contribution >= 0.6 is 11.3 Å². The third-order valence-electron chi connectivity index (χ3n) is 4.85. The summed E-state index contributed by atoms with van der Waals surface area (Å²) in [6, 6.07) is 19.8.